The normalized spacial score (nSPS) is 14.7. The van der Waals surface area contributed by atoms with Crippen LogP contribution in [0.25, 0.3) is 0 Å². The molecule has 132 valence electrons. The van der Waals surface area contributed by atoms with Gasteiger partial charge in [0, 0.05) is 12.1 Å². The maximum Gasteiger partial charge on any atom is 0.407 e. The number of carbonyl (C=O) groups is 1. The molecule has 1 amide bonds. The van der Waals surface area contributed by atoms with Gasteiger partial charge in [-0.1, -0.05) is 20.8 Å². The monoisotopic (exact) mass is 332 g/mol. The molecule has 4 nitrogen and oxygen atoms in total. The van der Waals surface area contributed by atoms with Gasteiger partial charge < -0.3 is 15.4 Å². The minimum absolute atomic E-state index is 0.0953. The van der Waals surface area contributed by atoms with Crippen LogP contribution in [0.2, 0.25) is 0 Å². The Morgan fingerprint density at radius 1 is 1.23 bits per heavy atom. The molecule has 0 spiro atoms. The molecule has 0 heterocycles. The van der Waals surface area contributed by atoms with Crippen LogP contribution in [0.5, 0.6) is 0 Å². The molecule has 0 saturated carbocycles. The molecule has 0 aliphatic heterocycles. The summed E-state index contributed by atoms with van der Waals surface area (Å²) in [5.74, 6) is 2.92. The number of alkyl carbamates (subject to hydrolysis) is 1. The highest BCUT2D eigenvalue weighted by atomic mass is 32.2. The zero-order valence-corrected chi connectivity index (χ0v) is 16.4. The summed E-state index contributed by atoms with van der Waals surface area (Å²) in [5.41, 5.74) is -0.550. The fourth-order valence-corrected chi connectivity index (χ4v) is 3.04. The Morgan fingerprint density at radius 2 is 1.86 bits per heavy atom. The Labute approximate surface area is 141 Å². The van der Waals surface area contributed by atoms with Gasteiger partial charge >= 0.3 is 6.09 Å². The highest BCUT2D eigenvalue weighted by Crippen LogP contribution is 2.16. The van der Waals surface area contributed by atoms with Crippen molar-refractivity contribution < 1.29 is 9.53 Å². The molecule has 0 radical (unpaired) electrons. The third-order valence-corrected chi connectivity index (χ3v) is 4.09. The molecule has 0 rings (SSSR count). The van der Waals surface area contributed by atoms with Crippen LogP contribution in [0.3, 0.4) is 0 Å². The van der Waals surface area contributed by atoms with Crippen molar-refractivity contribution in [3.05, 3.63) is 0 Å². The Balaban J connectivity index is 4.33. The molecular formula is C17H36N2O2S. The van der Waals surface area contributed by atoms with E-state index in [1.165, 1.54) is 11.5 Å². The maximum atomic E-state index is 11.8. The van der Waals surface area contributed by atoms with Gasteiger partial charge in [-0.05, 0) is 64.5 Å². The summed E-state index contributed by atoms with van der Waals surface area (Å²) in [6, 6.07) is 0. The van der Waals surface area contributed by atoms with Crippen LogP contribution >= 0.6 is 11.8 Å². The molecule has 0 fully saturated rings. The Bertz CT molecular complexity index is 316. The highest BCUT2D eigenvalue weighted by Gasteiger charge is 2.26. The van der Waals surface area contributed by atoms with Crippen LogP contribution in [0, 0.1) is 5.92 Å². The minimum Gasteiger partial charge on any atom is -0.444 e. The molecule has 0 aromatic carbocycles. The summed E-state index contributed by atoms with van der Waals surface area (Å²) < 4.78 is 5.31. The second-order valence-electron chi connectivity index (χ2n) is 7.49. The number of rotatable bonds is 10. The van der Waals surface area contributed by atoms with Gasteiger partial charge in [-0.2, -0.15) is 11.8 Å². The molecule has 0 aromatic heterocycles. The van der Waals surface area contributed by atoms with Crippen LogP contribution in [0.15, 0.2) is 0 Å². The summed E-state index contributed by atoms with van der Waals surface area (Å²) in [7, 11) is 0. The summed E-state index contributed by atoms with van der Waals surface area (Å²) in [5, 5.41) is 6.53. The largest absolute Gasteiger partial charge is 0.444 e. The third-order valence-electron chi connectivity index (χ3n) is 3.10. The molecule has 0 aliphatic carbocycles. The van der Waals surface area contributed by atoms with Gasteiger partial charge in [-0.15, -0.1) is 0 Å². The lowest BCUT2D eigenvalue weighted by atomic mass is 9.90. The van der Waals surface area contributed by atoms with Gasteiger partial charge in [0.25, 0.3) is 0 Å². The first-order chi connectivity index (χ1) is 10.1. The fourth-order valence-electron chi connectivity index (χ4n) is 2.40. The van der Waals surface area contributed by atoms with Crippen molar-refractivity contribution in [1.82, 2.24) is 10.6 Å². The average molecular weight is 333 g/mol. The van der Waals surface area contributed by atoms with Crippen LogP contribution in [-0.4, -0.2) is 41.8 Å². The van der Waals surface area contributed by atoms with Crippen LogP contribution < -0.4 is 10.6 Å². The topological polar surface area (TPSA) is 50.4 Å². The molecule has 1 atom stereocenters. The maximum absolute atomic E-state index is 11.8. The van der Waals surface area contributed by atoms with E-state index >= 15 is 0 Å². The van der Waals surface area contributed by atoms with Crippen LogP contribution in [0.1, 0.15) is 61.3 Å². The number of amides is 1. The summed E-state index contributed by atoms with van der Waals surface area (Å²) in [6.45, 7) is 16.0. The lowest BCUT2D eigenvalue weighted by Gasteiger charge is -2.33. The molecule has 0 saturated heterocycles. The van der Waals surface area contributed by atoms with E-state index in [4.69, 9.17) is 4.74 Å². The van der Waals surface area contributed by atoms with Crippen molar-refractivity contribution in [2.24, 2.45) is 5.92 Å². The van der Waals surface area contributed by atoms with E-state index < -0.39 is 5.60 Å². The number of hydrogen-bond acceptors (Lipinski definition) is 4. The molecule has 22 heavy (non-hydrogen) atoms. The van der Waals surface area contributed by atoms with Gasteiger partial charge in [0.2, 0.25) is 0 Å². The van der Waals surface area contributed by atoms with E-state index in [1.54, 1.807) is 0 Å². The van der Waals surface area contributed by atoms with E-state index in [2.05, 4.69) is 38.3 Å². The van der Waals surface area contributed by atoms with Gasteiger partial charge in [0.05, 0.1) is 0 Å². The number of thioether (sulfide) groups is 1. The number of nitrogens with one attached hydrogen (secondary N) is 2. The first-order valence-corrected chi connectivity index (χ1v) is 9.53. The number of ether oxygens (including phenoxy) is 1. The average Bonchev–Trinajstić information content (AvgIpc) is 2.33. The standard InChI is InChI=1S/C17H36N2O2S/c1-8-22-11-9-10-19-17(7,12-14(2)3)13-18-15(20)21-16(4,5)6/h14,19H,8-13H2,1-7H3,(H,18,20). The number of hydrogen-bond donors (Lipinski definition) is 2. The van der Waals surface area contributed by atoms with Gasteiger partial charge in [0.1, 0.15) is 5.60 Å². The molecule has 0 aliphatic rings. The van der Waals surface area contributed by atoms with Gasteiger partial charge in [-0.3, -0.25) is 0 Å². The summed E-state index contributed by atoms with van der Waals surface area (Å²) in [6.07, 6.45) is 1.83. The lowest BCUT2D eigenvalue weighted by molar-refractivity contribution is 0.0508. The van der Waals surface area contributed by atoms with Crippen molar-refractivity contribution in [3.8, 4) is 0 Å². The molecule has 5 heteroatoms. The van der Waals surface area contributed by atoms with Crippen LogP contribution in [0.4, 0.5) is 4.79 Å². The zero-order chi connectivity index (χ0) is 17.2. The quantitative estimate of drug-likeness (QED) is 0.593. The lowest BCUT2D eigenvalue weighted by Crippen LogP contribution is -2.53. The fraction of sp³-hybridized carbons (Fsp3) is 0.941. The SMILES string of the molecule is CCSCCCNC(C)(CNC(=O)OC(C)(C)C)CC(C)C. The predicted octanol–water partition coefficient (Wildman–Crippen LogP) is 4.05. The summed E-state index contributed by atoms with van der Waals surface area (Å²) >= 11 is 1.97. The van der Waals surface area contributed by atoms with Gasteiger partial charge in [0.15, 0.2) is 0 Å². The molecule has 0 aromatic rings. The van der Waals surface area contributed by atoms with Crippen LogP contribution in [-0.2, 0) is 4.74 Å². The molecule has 0 bridgehead atoms. The second kappa shape index (κ2) is 10.4. The highest BCUT2D eigenvalue weighted by molar-refractivity contribution is 7.99. The Morgan fingerprint density at radius 3 is 2.36 bits per heavy atom. The van der Waals surface area contributed by atoms with E-state index in [0.717, 1.165) is 19.4 Å². The first kappa shape index (κ1) is 21.6. The Kier molecular flexibility index (Phi) is 10.2. The molecule has 1 unspecified atom stereocenters. The van der Waals surface area contributed by atoms with Crippen molar-refractivity contribution in [1.29, 1.82) is 0 Å². The van der Waals surface area contributed by atoms with Crippen molar-refractivity contribution >= 4 is 17.9 Å². The summed E-state index contributed by atoms with van der Waals surface area (Å²) in [4.78, 5) is 11.8. The smallest absolute Gasteiger partial charge is 0.407 e. The second-order valence-corrected chi connectivity index (χ2v) is 8.89. The van der Waals surface area contributed by atoms with E-state index in [-0.39, 0.29) is 11.6 Å². The third kappa shape index (κ3) is 12.2. The zero-order valence-electron chi connectivity index (χ0n) is 15.5. The van der Waals surface area contributed by atoms with Crippen molar-refractivity contribution in [2.75, 3.05) is 24.6 Å². The van der Waals surface area contributed by atoms with Gasteiger partial charge in [-0.25, -0.2) is 4.79 Å². The van der Waals surface area contributed by atoms with Crippen molar-refractivity contribution in [3.63, 3.8) is 0 Å². The minimum atomic E-state index is -0.455. The van der Waals surface area contributed by atoms with Crippen molar-refractivity contribution in [2.45, 2.75) is 72.4 Å². The predicted molar refractivity (Wildman–Crippen MR) is 97.7 cm³/mol. The van der Waals surface area contributed by atoms with E-state index in [9.17, 15) is 4.79 Å². The molecular weight excluding hydrogens is 296 g/mol. The first-order valence-electron chi connectivity index (χ1n) is 8.37. The number of carbonyl (C=O) groups excluding carboxylic acids is 1. The van der Waals surface area contributed by atoms with E-state index in [1.807, 2.05) is 32.5 Å². The molecule has 2 N–H and O–H groups in total. The van der Waals surface area contributed by atoms with E-state index in [0.29, 0.717) is 12.5 Å². The Hall–Kier alpha value is -0.420.